The van der Waals surface area contributed by atoms with Crippen LogP contribution in [0, 0.1) is 0 Å². The van der Waals surface area contributed by atoms with Crippen molar-refractivity contribution in [1.82, 2.24) is 5.32 Å². The molecule has 12 N–H and O–H groups in total. The minimum Gasteiger partial charge on any atom is -0.394 e. The summed E-state index contributed by atoms with van der Waals surface area (Å²) in [6.45, 7) is 1.59. The molecule has 3 rings (SSSR count). The maximum Gasteiger partial charge on any atom is 0.220 e. The molecule has 17 atom stereocenters. The molecule has 19 heteroatoms. The van der Waals surface area contributed by atoms with E-state index in [1.165, 1.54) is 83.5 Å². The van der Waals surface area contributed by atoms with Gasteiger partial charge in [0.25, 0.3) is 0 Å². The predicted molar refractivity (Wildman–Crippen MR) is 277 cm³/mol. The molecular weight excluding hydrogens is 963 g/mol. The SMILES string of the molecule is CCCCCC/C=C/C(O)C(COC1OC(CO)C(OC2OC(CO)C(OC3OC(CO)C(O)C(O)C3O)C(O)C2O)C(O)C1O)NC(=O)CCCCCCCCCCCCC/C=C\C/C=C\CCCCCCC. The van der Waals surface area contributed by atoms with Crippen molar-refractivity contribution in [2.45, 2.75) is 279 Å². The fourth-order valence-electron chi connectivity index (χ4n) is 9.45. The van der Waals surface area contributed by atoms with E-state index < -0.39 is 124 Å². The first-order chi connectivity index (χ1) is 35.8. The van der Waals surface area contributed by atoms with E-state index in [0.717, 1.165) is 64.2 Å². The van der Waals surface area contributed by atoms with Crippen LogP contribution in [-0.4, -0.2) is 193 Å². The van der Waals surface area contributed by atoms with Gasteiger partial charge < -0.3 is 89.9 Å². The van der Waals surface area contributed by atoms with E-state index in [1.54, 1.807) is 6.08 Å². The molecule has 74 heavy (non-hydrogen) atoms. The molecule has 0 aliphatic carbocycles. The number of hydrogen-bond acceptors (Lipinski definition) is 18. The Kier molecular flexibility index (Phi) is 35.3. The first kappa shape index (κ1) is 66.3. The van der Waals surface area contributed by atoms with Crippen molar-refractivity contribution in [3.8, 4) is 0 Å². The highest BCUT2D eigenvalue weighted by Crippen LogP contribution is 2.33. The smallest absolute Gasteiger partial charge is 0.220 e. The lowest BCUT2D eigenvalue weighted by molar-refractivity contribution is -0.379. The maximum atomic E-state index is 13.2. The van der Waals surface area contributed by atoms with Gasteiger partial charge in [-0.25, -0.2) is 0 Å². The number of unbranched alkanes of at least 4 members (excludes halogenated alkanes) is 20. The highest BCUT2D eigenvalue weighted by Gasteiger charge is 2.53. The minimum absolute atomic E-state index is 0.240. The van der Waals surface area contributed by atoms with Crippen molar-refractivity contribution in [1.29, 1.82) is 0 Å². The summed E-state index contributed by atoms with van der Waals surface area (Å²) in [7, 11) is 0. The summed E-state index contributed by atoms with van der Waals surface area (Å²) < 4.78 is 34.0. The maximum absolute atomic E-state index is 13.2. The fourth-order valence-corrected chi connectivity index (χ4v) is 9.45. The van der Waals surface area contributed by atoms with Crippen LogP contribution in [0.25, 0.3) is 0 Å². The van der Waals surface area contributed by atoms with Gasteiger partial charge in [-0.3, -0.25) is 4.79 Å². The van der Waals surface area contributed by atoms with Crippen molar-refractivity contribution in [2.75, 3.05) is 26.4 Å². The molecule has 0 aromatic heterocycles. The largest absolute Gasteiger partial charge is 0.394 e. The van der Waals surface area contributed by atoms with E-state index in [0.29, 0.717) is 6.42 Å². The van der Waals surface area contributed by atoms with Crippen molar-refractivity contribution in [3.63, 3.8) is 0 Å². The van der Waals surface area contributed by atoms with E-state index in [4.69, 9.17) is 28.4 Å². The molecule has 1 amide bonds. The number of aliphatic hydroxyl groups is 11. The van der Waals surface area contributed by atoms with Crippen molar-refractivity contribution >= 4 is 5.91 Å². The number of carbonyl (C=O) groups is 1. The van der Waals surface area contributed by atoms with Gasteiger partial charge in [-0.1, -0.05) is 153 Å². The standard InChI is InChI=1S/C55H99NO18/c1-3-5-7-9-11-12-13-14-15-16-17-18-19-20-21-22-23-24-25-26-27-29-31-33-43(61)56-38(39(60)32-30-28-10-8-6-4-2)37-69-53-49(67)46(64)51(41(35-58)71-53)74-55-50(68)47(65)52(42(36-59)72-55)73-54-48(66)45(63)44(62)40(34-57)70-54/h13-14,16-17,30,32,38-42,44-55,57-60,62-68H,3-12,15,18-29,31,33-37H2,1-2H3,(H,56,61)/b14-13-,17-16-,32-30+. The third kappa shape index (κ3) is 23.9. The van der Waals surface area contributed by atoms with Gasteiger partial charge in [0.2, 0.25) is 5.91 Å². The molecule has 0 radical (unpaired) electrons. The predicted octanol–water partition coefficient (Wildman–Crippen LogP) is 3.76. The molecule has 3 aliphatic rings. The highest BCUT2D eigenvalue weighted by molar-refractivity contribution is 5.76. The van der Waals surface area contributed by atoms with Crippen LogP contribution in [0.4, 0.5) is 0 Å². The van der Waals surface area contributed by atoms with E-state index in [-0.39, 0.29) is 18.9 Å². The van der Waals surface area contributed by atoms with Crippen LogP contribution in [0.5, 0.6) is 0 Å². The lowest BCUT2D eigenvalue weighted by atomic mass is 9.96. The fraction of sp³-hybridized carbons (Fsp3) is 0.873. The van der Waals surface area contributed by atoms with Gasteiger partial charge in [0.15, 0.2) is 18.9 Å². The van der Waals surface area contributed by atoms with Gasteiger partial charge >= 0.3 is 0 Å². The molecule has 0 aromatic rings. The number of nitrogens with one attached hydrogen (secondary N) is 1. The molecule has 0 bridgehead atoms. The number of ether oxygens (including phenoxy) is 6. The first-order valence-corrected chi connectivity index (χ1v) is 28.2. The third-order valence-electron chi connectivity index (χ3n) is 14.2. The minimum atomic E-state index is -1.98. The molecule has 3 aliphatic heterocycles. The number of hydrogen-bond donors (Lipinski definition) is 12. The van der Waals surface area contributed by atoms with Crippen LogP contribution in [0.2, 0.25) is 0 Å². The first-order valence-electron chi connectivity index (χ1n) is 28.2. The Morgan fingerprint density at radius 1 is 0.486 bits per heavy atom. The van der Waals surface area contributed by atoms with E-state index in [2.05, 4.69) is 43.5 Å². The van der Waals surface area contributed by atoms with Gasteiger partial charge in [-0.05, 0) is 51.4 Å². The van der Waals surface area contributed by atoms with Gasteiger partial charge in [-0.2, -0.15) is 0 Å². The molecule has 19 nitrogen and oxygen atoms in total. The summed E-state index contributed by atoms with van der Waals surface area (Å²) in [6, 6.07) is -0.969. The quantitative estimate of drug-likeness (QED) is 0.0307. The van der Waals surface area contributed by atoms with Crippen LogP contribution < -0.4 is 5.32 Å². The zero-order chi connectivity index (χ0) is 54.1. The zero-order valence-corrected chi connectivity index (χ0v) is 44.6. The van der Waals surface area contributed by atoms with Crippen LogP contribution in [0.3, 0.4) is 0 Å². The summed E-state index contributed by atoms with van der Waals surface area (Å²) in [5.74, 6) is -0.285. The molecule has 17 unspecified atom stereocenters. The van der Waals surface area contributed by atoms with E-state index >= 15 is 0 Å². The second kappa shape index (κ2) is 39.4. The van der Waals surface area contributed by atoms with E-state index in [9.17, 15) is 61.0 Å². The lowest BCUT2D eigenvalue weighted by Gasteiger charge is -2.48. The Bertz CT molecular complexity index is 1500. The number of aliphatic hydroxyl groups excluding tert-OH is 11. The van der Waals surface area contributed by atoms with Crippen molar-refractivity contribution < 1.29 is 89.4 Å². The summed E-state index contributed by atoms with van der Waals surface area (Å²) in [4.78, 5) is 13.2. The Morgan fingerprint density at radius 2 is 0.892 bits per heavy atom. The van der Waals surface area contributed by atoms with E-state index in [1.807, 2.05) is 6.08 Å². The lowest BCUT2D eigenvalue weighted by Crippen LogP contribution is -2.66. The molecule has 3 saturated heterocycles. The molecule has 0 aromatic carbocycles. The Hall–Kier alpha value is -1.99. The van der Waals surface area contributed by atoms with Gasteiger partial charge in [0.1, 0.15) is 73.2 Å². The summed E-state index contributed by atoms with van der Waals surface area (Å²) in [5.41, 5.74) is 0. The summed E-state index contributed by atoms with van der Waals surface area (Å²) in [6.07, 6.45) is 13.4. The van der Waals surface area contributed by atoms with Crippen molar-refractivity contribution in [2.24, 2.45) is 0 Å². The average Bonchev–Trinajstić information content (AvgIpc) is 3.40. The highest BCUT2D eigenvalue weighted by atomic mass is 16.8. The van der Waals surface area contributed by atoms with Crippen LogP contribution in [0.1, 0.15) is 174 Å². The second-order valence-electron chi connectivity index (χ2n) is 20.4. The molecule has 3 heterocycles. The Labute approximate surface area is 440 Å². The van der Waals surface area contributed by atoms with Crippen LogP contribution >= 0.6 is 0 Å². The molecule has 0 spiro atoms. The number of amides is 1. The van der Waals surface area contributed by atoms with Crippen LogP contribution in [-0.2, 0) is 33.2 Å². The topological polar surface area (TPSA) is 307 Å². The van der Waals surface area contributed by atoms with Gasteiger partial charge in [0.05, 0.1) is 38.6 Å². The number of carbonyl (C=O) groups excluding carboxylic acids is 1. The van der Waals surface area contributed by atoms with Gasteiger partial charge in [-0.15, -0.1) is 0 Å². The van der Waals surface area contributed by atoms with Crippen LogP contribution in [0.15, 0.2) is 36.5 Å². The number of allylic oxidation sites excluding steroid dienone is 5. The van der Waals surface area contributed by atoms with Crippen molar-refractivity contribution in [3.05, 3.63) is 36.5 Å². The molecule has 0 saturated carbocycles. The average molecular weight is 1060 g/mol. The monoisotopic (exact) mass is 1060 g/mol. The Balaban J connectivity index is 1.42. The zero-order valence-electron chi connectivity index (χ0n) is 44.6. The summed E-state index contributed by atoms with van der Waals surface area (Å²) in [5, 5.41) is 119. The second-order valence-corrected chi connectivity index (χ2v) is 20.4. The number of rotatable bonds is 40. The molecule has 432 valence electrons. The van der Waals surface area contributed by atoms with Gasteiger partial charge in [0, 0.05) is 6.42 Å². The third-order valence-corrected chi connectivity index (χ3v) is 14.2. The Morgan fingerprint density at radius 3 is 1.39 bits per heavy atom. The molecular formula is C55H99NO18. The molecule has 3 fully saturated rings. The summed E-state index contributed by atoms with van der Waals surface area (Å²) >= 11 is 0. The normalized spacial score (nSPS) is 31.7.